The summed E-state index contributed by atoms with van der Waals surface area (Å²) in [5.41, 5.74) is 2.53. The van der Waals surface area contributed by atoms with Gasteiger partial charge >= 0.3 is 5.97 Å². The van der Waals surface area contributed by atoms with Crippen LogP contribution in [-0.2, 0) is 4.74 Å². The normalized spacial score (nSPS) is 15.4. The Morgan fingerprint density at radius 1 is 1.22 bits per heavy atom. The zero-order chi connectivity index (χ0) is 18.8. The molecular formula is C19H17N5O3. The van der Waals surface area contributed by atoms with Crippen LogP contribution in [0.4, 0.5) is 5.69 Å². The summed E-state index contributed by atoms with van der Waals surface area (Å²) in [6.45, 7) is 1.96. The molecule has 0 spiro atoms. The summed E-state index contributed by atoms with van der Waals surface area (Å²) in [7, 11) is 0. The fraction of sp³-hybridized carbons (Fsp3) is 0.158. The summed E-state index contributed by atoms with van der Waals surface area (Å²) < 4.78 is 6.73. The predicted octanol–water partition coefficient (Wildman–Crippen LogP) is 2.30. The van der Waals surface area contributed by atoms with Gasteiger partial charge in [-0.25, -0.2) is 9.48 Å². The molecule has 0 saturated carbocycles. The Kier molecular flexibility index (Phi) is 4.29. The fourth-order valence-electron chi connectivity index (χ4n) is 2.93. The molecule has 0 saturated heterocycles. The van der Waals surface area contributed by atoms with Gasteiger partial charge in [0.05, 0.1) is 29.7 Å². The highest BCUT2D eigenvalue weighted by Crippen LogP contribution is 2.28. The van der Waals surface area contributed by atoms with Crippen molar-refractivity contribution in [2.75, 3.05) is 11.9 Å². The Hall–Kier alpha value is -3.68. The topological polar surface area (TPSA) is 98.1 Å². The van der Waals surface area contributed by atoms with E-state index < -0.39 is 12.1 Å². The summed E-state index contributed by atoms with van der Waals surface area (Å²) in [6, 6.07) is 11.0. The van der Waals surface area contributed by atoms with E-state index in [1.807, 2.05) is 30.3 Å². The average molecular weight is 363 g/mol. The number of hydrogen-bond acceptors (Lipinski definition) is 6. The lowest BCUT2D eigenvalue weighted by molar-refractivity contribution is 0.0516. The zero-order valence-electron chi connectivity index (χ0n) is 14.5. The average Bonchev–Trinajstić information content (AvgIpc) is 3.14. The van der Waals surface area contributed by atoms with E-state index in [-0.39, 0.29) is 18.2 Å². The van der Waals surface area contributed by atoms with Crippen molar-refractivity contribution in [2.24, 2.45) is 0 Å². The number of fused-ring (bicyclic) bond motifs is 1. The van der Waals surface area contributed by atoms with Crippen molar-refractivity contribution >= 4 is 17.6 Å². The van der Waals surface area contributed by atoms with Gasteiger partial charge in [0.2, 0.25) is 0 Å². The highest BCUT2D eigenvalue weighted by Gasteiger charge is 2.30. The Morgan fingerprint density at radius 3 is 2.81 bits per heavy atom. The van der Waals surface area contributed by atoms with E-state index in [1.165, 1.54) is 0 Å². The van der Waals surface area contributed by atoms with Crippen LogP contribution in [0.1, 0.15) is 39.5 Å². The van der Waals surface area contributed by atoms with Gasteiger partial charge in [0.25, 0.3) is 5.91 Å². The van der Waals surface area contributed by atoms with E-state index in [4.69, 9.17) is 4.74 Å². The summed E-state index contributed by atoms with van der Waals surface area (Å²) in [5.74, 6) is -0.798. The minimum absolute atomic E-state index is 0.144. The second-order valence-electron chi connectivity index (χ2n) is 5.91. The molecule has 1 amide bonds. The number of carbonyl (C=O) groups excluding carboxylic acids is 2. The molecule has 4 rings (SSSR count). The number of aromatic nitrogens is 3. The Labute approximate surface area is 155 Å². The van der Waals surface area contributed by atoms with Gasteiger partial charge in [0, 0.05) is 18.0 Å². The predicted molar refractivity (Wildman–Crippen MR) is 97.6 cm³/mol. The minimum atomic E-state index is -0.633. The van der Waals surface area contributed by atoms with E-state index in [0.717, 1.165) is 5.69 Å². The lowest BCUT2D eigenvalue weighted by Crippen LogP contribution is -2.39. The van der Waals surface area contributed by atoms with Crippen molar-refractivity contribution in [3.8, 4) is 5.69 Å². The molecular weight excluding hydrogens is 346 g/mol. The summed E-state index contributed by atoms with van der Waals surface area (Å²) >= 11 is 0. The Balaban J connectivity index is 1.76. The van der Waals surface area contributed by atoms with Crippen LogP contribution >= 0.6 is 0 Å². The van der Waals surface area contributed by atoms with Gasteiger partial charge in [-0.2, -0.15) is 5.10 Å². The first kappa shape index (κ1) is 16.8. The van der Waals surface area contributed by atoms with Crippen molar-refractivity contribution < 1.29 is 14.3 Å². The third kappa shape index (κ3) is 3.12. The van der Waals surface area contributed by atoms with Crippen LogP contribution in [0.25, 0.3) is 5.69 Å². The van der Waals surface area contributed by atoms with Crippen molar-refractivity contribution in [1.29, 1.82) is 0 Å². The number of rotatable bonds is 4. The maximum absolute atomic E-state index is 12.4. The van der Waals surface area contributed by atoms with Crippen molar-refractivity contribution in [3.05, 3.63) is 71.8 Å². The molecule has 3 heterocycles. The number of hydrogen-bond donors (Lipinski definition) is 2. The van der Waals surface area contributed by atoms with E-state index in [2.05, 4.69) is 20.7 Å². The smallest absolute Gasteiger partial charge is 0.359 e. The Morgan fingerprint density at radius 2 is 2.04 bits per heavy atom. The molecule has 0 aliphatic carbocycles. The monoisotopic (exact) mass is 363 g/mol. The van der Waals surface area contributed by atoms with Crippen LogP contribution in [0.3, 0.4) is 0 Å². The number of ether oxygens (including phenoxy) is 1. The number of benzene rings is 1. The molecule has 1 aromatic carbocycles. The molecule has 1 atom stereocenters. The molecule has 1 unspecified atom stereocenters. The molecule has 1 aliphatic heterocycles. The lowest BCUT2D eigenvalue weighted by Gasteiger charge is -2.27. The van der Waals surface area contributed by atoms with Crippen LogP contribution in [-0.4, -0.2) is 33.2 Å². The van der Waals surface area contributed by atoms with Gasteiger partial charge in [-0.15, -0.1) is 0 Å². The number of anilines is 1. The van der Waals surface area contributed by atoms with Gasteiger partial charge in [-0.3, -0.25) is 9.78 Å². The third-order valence-corrected chi connectivity index (χ3v) is 4.18. The highest BCUT2D eigenvalue weighted by molar-refractivity contribution is 6.01. The van der Waals surface area contributed by atoms with Crippen LogP contribution in [0.15, 0.2) is 55.0 Å². The van der Waals surface area contributed by atoms with Gasteiger partial charge < -0.3 is 15.4 Å². The molecule has 1 aliphatic rings. The Bertz CT molecular complexity index is 1000. The van der Waals surface area contributed by atoms with E-state index >= 15 is 0 Å². The molecule has 8 nitrogen and oxygen atoms in total. The molecule has 0 radical (unpaired) electrons. The molecule has 8 heteroatoms. The van der Waals surface area contributed by atoms with E-state index in [9.17, 15) is 9.59 Å². The second-order valence-corrected chi connectivity index (χ2v) is 5.91. The first-order valence-corrected chi connectivity index (χ1v) is 8.51. The number of esters is 1. The van der Waals surface area contributed by atoms with E-state index in [0.29, 0.717) is 16.8 Å². The number of nitrogens with zero attached hydrogens (tertiary/aromatic N) is 3. The van der Waals surface area contributed by atoms with Crippen LogP contribution in [0, 0.1) is 0 Å². The quantitative estimate of drug-likeness (QED) is 0.690. The van der Waals surface area contributed by atoms with Crippen molar-refractivity contribution in [3.63, 3.8) is 0 Å². The van der Waals surface area contributed by atoms with Crippen LogP contribution < -0.4 is 10.6 Å². The van der Waals surface area contributed by atoms with Gasteiger partial charge in [0.1, 0.15) is 6.17 Å². The van der Waals surface area contributed by atoms with Gasteiger partial charge in [-0.05, 0) is 25.1 Å². The van der Waals surface area contributed by atoms with E-state index in [1.54, 1.807) is 36.3 Å². The molecule has 3 aromatic rings. The minimum Gasteiger partial charge on any atom is -0.461 e. The molecule has 0 bridgehead atoms. The number of para-hydroxylation sites is 1. The molecule has 2 aromatic heterocycles. The van der Waals surface area contributed by atoms with Crippen molar-refractivity contribution in [1.82, 2.24) is 20.1 Å². The number of amides is 1. The lowest BCUT2D eigenvalue weighted by atomic mass is 10.1. The van der Waals surface area contributed by atoms with Gasteiger partial charge in [0.15, 0.2) is 5.69 Å². The zero-order valence-corrected chi connectivity index (χ0v) is 14.5. The number of carbonyl (C=O) groups is 2. The molecule has 2 N–H and O–H groups in total. The van der Waals surface area contributed by atoms with Crippen LogP contribution in [0.5, 0.6) is 0 Å². The molecule has 136 valence electrons. The second kappa shape index (κ2) is 6.91. The largest absolute Gasteiger partial charge is 0.461 e. The maximum Gasteiger partial charge on any atom is 0.359 e. The van der Waals surface area contributed by atoms with Crippen LogP contribution in [0.2, 0.25) is 0 Å². The standard InChI is InChI=1S/C19H17N5O3/c1-2-27-19(26)16-14(11-24(23-16)12-6-4-3-5-7-12)17-21-15-10-20-9-8-13(15)18(25)22-17/h3-11,17,21H,2H2,1H3,(H,22,25). The first-order chi connectivity index (χ1) is 13.2. The van der Waals surface area contributed by atoms with Crippen molar-refractivity contribution in [2.45, 2.75) is 13.1 Å². The maximum atomic E-state index is 12.4. The molecule has 27 heavy (non-hydrogen) atoms. The number of pyridine rings is 1. The third-order valence-electron chi connectivity index (χ3n) is 4.18. The first-order valence-electron chi connectivity index (χ1n) is 8.51. The number of nitrogens with one attached hydrogen (secondary N) is 2. The molecule has 0 fully saturated rings. The van der Waals surface area contributed by atoms with Gasteiger partial charge in [-0.1, -0.05) is 18.2 Å². The summed E-state index contributed by atoms with van der Waals surface area (Å²) in [4.78, 5) is 28.9. The summed E-state index contributed by atoms with van der Waals surface area (Å²) in [6.07, 6.45) is 4.21. The summed E-state index contributed by atoms with van der Waals surface area (Å²) in [5, 5.41) is 10.4. The highest BCUT2D eigenvalue weighted by atomic mass is 16.5. The fourth-order valence-corrected chi connectivity index (χ4v) is 2.93. The SMILES string of the molecule is CCOC(=O)c1nn(-c2ccccc2)cc1C1NC(=O)c2ccncc2N1.